The van der Waals surface area contributed by atoms with Gasteiger partial charge in [0.1, 0.15) is 12.1 Å². The van der Waals surface area contributed by atoms with Crippen LogP contribution in [-0.4, -0.2) is 29.0 Å². The summed E-state index contributed by atoms with van der Waals surface area (Å²) in [5.41, 5.74) is 4.10. The number of carbonyl (C=O) groups excluding carboxylic acids is 1. The third-order valence-corrected chi connectivity index (χ3v) is 5.23. The summed E-state index contributed by atoms with van der Waals surface area (Å²) >= 11 is 0. The molecule has 2 heterocycles. The van der Waals surface area contributed by atoms with Crippen molar-refractivity contribution in [1.82, 2.24) is 9.97 Å². The van der Waals surface area contributed by atoms with Gasteiger partial charge < -0.3 is 10.2 Å². The van der Waals surface area contributed by atoms with E-state index in [1.165, 1.54) is 5.56 Å². The number of piperidine rings is 1. The lowest BCUT2D eigenvalue weighted by Gasteiger charge is -2.32. The molecule has 1 aliphatic rings. The van der Waals surface area contributed by atoms with Crippen molar-refractivity contribution in [2.24, 2.45) is 5.92 Å². The minimum atomic E-state index is 0.0369. The van der Waals surface area contributed by atoms with E-state index in [0.717, 1.165) is 48.7 Å². The smallest absolute Gasteiger partial charge is 0.227 e. The predicted octanol–water partition coefficient (Wildman–Crippen LogP) is 4.31. The van der Waals surface area contributed by atoms with Gasteiger partial charge in [-0.1, -0.05) is 48.0 Å². The maximum Gasteiger partial charge on any atom is 0.227 e. The van der Waals surface area contributed by atoms with Crippen LogP contribution in [0.1, 0.15) is 18.4 Å². The third-order valence-electron chi connectivity index (χ3n) is 5.23. The van der Waals surface area contributed by atoms with Gasteiger partial charge in [-0.05, 0) is 31.9 Å². The number of nitrogens with zero attached hydrogens (tertiary/aromatic N) is 3. The van der Waals surface area contributed by atoms with Crippen LogP contribution in [0.3, 0.4) is 0 Å². The van der Waals surface area contributed by atoms with Crippen LogP contribution in [-0.2, 0) is 4.79 Å². The molecule has 0 spiro atoms. The average molecular weight is 372 g/mol. The molecular formula is C23H24N4O. The van der Waals surface area contributed by atoms with Gasteiger partial charge in [-0.15, -0.1) is 0 Å². The van der Waals surface area contributed by atoms with E-state index in [1.807, 2.05) is 36.4 Å². The van der Waals surface area contributed by atoms with E-state index < -0.39 is 0 Å². The first-order chi connectivity index (χ1) is 13.7. The molecule has 28 heavy (non-hydrogen) atoms. The fourth-order valence-electron chi connectivity index (χ4n) is 3.54. The highest BCUT2D eigenvalue weighted by Crippen LogP contribution is 2.26. The average Bonchev–Trinajstić information content (AvgIpc) is 2.75. The fraction of sp³-hybridized carbons (Fsp3) is 0.261. The van der Waals surface area contributed by atoms with Crippen molar-refractivity contribution in [3.8, 4) is 11.3 Å². The number of hydrogen-bond acceptors (Lipinski definition) is 4. The summed E-state index contributed by atoms with van der Waals surface area (Å²) < 4.78 is 0. The van der Waals surface area contributed by atoms with Crippen molar-refractivity contribution in [2.75, 3.05) is 23.3 Å². The van der Waals surface area contributed by atoms with Gasteiger partial charge in [0.2, 0.25) is 5.91 Å². The number of hydrogen-bond donors (Lipinski definition) is 1. The van der Waals surface area contributed by atoms with E-state index in [4.69, 9.17) is 0 Å². The maximum absolute atomic E-state index is 12.5. The Bertz CT molecular complexity index is 932. The number of carbonyl (C=O) groups is 1. The van der Waals surface area contributed by atoms with Gasteiger partial charge in [0, 0.05) is 36.3 Å². The Balaban J connectivity index is 1.39. The number of aromatic nitrogens is 2. The lowest BCUT2D eigenvalue weighted by atomic mass is 9.95. The van der Waals surface area contributed by atoms with Crippen molar-refractivity contribution in [2.45, 2.75) is 19.8 Å². The van der Waals surface area contributed by atoms with E-state index >= 15 is 0 Å². The second-order valence-electron chi connectivity index (χ2n) is 7.24. The zero-order valence-electron chi connectivity index (χ0n) is 16.0. The van der Waals surface area contributed by atoms with E-state index in [2.05, 4.69) is 51.4 Å². The number of aryl methyl sites for hydroxylation is 1. The first kappa shape index (κ1) is 18.2. The Morgan fingerprint density at radius 3 is 2.43 bits per heavy atom. The molecule has 0 bridgehead atoms. The molecule has 0 unspecified atom stereocenters. The Morgan fingerprint density at radius 1 is 1.00 bits per heavy atom. The van der Waals surface area contributed by atoms with Crippen molar-refractivity contribution in [1.29, 1.82) is 0 Å². The summed E-state index contributed by atoms with van der Waals surface area (Å²) in [7, 11) is 0. The molecule has 1 aromatic heterocycles. The van der Waals surface area contributed by atoms with Gasteiger partial charge in [-0.2, -0.15) is 0 Å². The van der Waals surface area contributed by atoms with Crippen molar-refractivity contribution in [3.05, 3.63) is 72.6 Å². The molecule has 5 heteroatoms. The molecule has 2 aromatic carbocycles. The first-order valence-corrected chi connectivity index (χ1v) is 9.69. The summed E-state index contributed by atoms with van der Waals surface area (Å²) in [6.45, 7) is 3.71. The summed E-state index contributed by atoms with van der Waals surface area (Å²) in [6.07, 6.45) is 3.27. The molecule has 1 amide bonds. The molecule has 4 rings (SSSR count). The quantitative estimate of drug-likeness (QED) is 0.741. The van der Waals surface area contributed by atoms with Gasteiger partial charge >= 0.3 is 0 Å². The fourth-order valence-corrected chi connectivity index (χ4v) is 3.54. The summed E-state index contributed by atoms with van der Waals surface area (Å²) in [5, 5.41) is 3.02. The van der Waals surface area contributed by atoms with Crippen LogP contribution in [0, 0.1) is 12.8 Å². The highest BCUT2D eigenvalue weighted by atomic mass is 16.1. The zero-order valence-corrected chi connectivity index (χ0v) is 16.0. The zero-order chi connectivity index (χ0) is 19.3. The van der Waals surface area contributed by atoms with E-state index in [-0.39, 0.29) is 11.8 Å². The maximum atomic E-state index is 12.5. The normalized spacial score (nSPS) is 14.7. The van der Waals surface area contributed by atoms with Crippen LogP contribution < -0.4 is 10.2 Å². The molecule has 1 fully saturated rings. The van der Waals surface area contributed by atoms with Crippen molar-refractivity contribution >= 4 is 17.4 Å². The van der Waals surface area contributed by atoms with E-state index in [0.29, 0.717) is 0 Å². The lowest BCUT2D eigenvalue weighted by molar-refractivity contribution is -0.120. The van der Waals surface area contributed by atoms with E-state index in [1.54, 1.807) is 6.33 Å². The highest BCUT2D eigenvalue weighted by molar-refractivity contribution is 5.92. The van der Waals surface area contributed by atoms with Crippen LogP contribution >= 0.6 is 0 Å². The Labute approximate surface area is 165 Å². The number of anilines is 2. The lowest BCUT2D eigenvalue weighted by Crippen LogP contribution is -2.38. The second kappa shape index (κ2) is 8.21. The van der Waals surface area contributed by atoms with Crippen LogP contribution in [0.4, 0.5) is 11.5 Å². The molecule has 5 nitrogen and oxygen atoms in total. The van der Waals surface area contributed by atoms with Crippen LogP contribution in [0.5, 0.6) is 0 Å². The Hall–Kier alpha value is -3.21. The predicted molar refractivity (Wildman–Crippen MR) is 112 cm³/mol. The monoisotopic (exact) mass is 372 g/mol. The summed E-state index contributed by atoms with van der Waals surface area (Å²) in [6, 6.07) is 20.0. The number of amides is 1. The first-order valence-electron chi connectivity index (χ1n) is 9.69. The highest BCUT2D eigenvalue weighted by Gasteiger charge is 2.25. The van der Waals surface area contributed by atoms with E-state index in [9.17, 15) is 4.79 Å². The molecule has 1 saturated heterocycles. The molecule has 0 saturated carbocycles. The number of rotatable bonds is 4. The second-order valence-corrected chi connectivity index (χ2v) is 7.24. The molecule has 0 aliphatic carbocycles. The minimum absolute atomic E-state index is 0.0369. The molecular weight excluding hydrogens is 348 g/mol. The largest absolute Gasteiger partial charge is 0.356 e. The van der Waals surface area contributed by atoms with Gasteiger partial charge in [0.05, 0.1) is 5.69 Å². The van der Waals surface area contributed by atoms with Gasteiger partial charge in [0.25, 0.3) is 0 Å². The summed E-state index contributed by atoms with van der Waals surface area (Å²) in [4.78, 5) is 23.6. The third kappa shape index (κ3) is 4.19. The molecule has 0 atom stereocenters. The van der Waals surface area contributed by atoms with Crippen LogP contribution in [0.2, 0.25) is 0 Å². The molecule has 1 aliphatic heterocycles. The number of para-hydroxylation sites is 1. The standard InChI is InChI=1S/C23H24N4O/c1-17-7-9-18(10-8-17)21-15-22(25-16-24-21)27-13-11-19(12-14-27)23(28)26-20-5-3-2-4-6-20/h2-10,15-16,19H,11-14H2,1H3,(H,26,28). The Morgan fingerprint density at radius 2 is 1.71 bits per heavy atom. The molecule has 1 N–H and O–H groups in total. The number of nitrogens with one attached hydrogen (secondary N) is 1. The topological polar surface area (TPSA) is 58.1 Å². The Kier molecular flexibility index (Phi) is 5.33. The minimum Gasteiger partial charge on any atom is -0.356 e. The molecule has 3 aromatic rings. The van der Waals surface area contributed by atoms with Crippen LogP contribution in [0.25, 0.3) is 11.3 Å². The van der Waals surface area contributed by atoms with Gasteiger partial charge in [-0.3, -0.25) is 4.79 Å². The van der Waals surface area contributed by atoms with Gasteiger partial charge in [-0.25, -0.2) is 9.97 Å². The SMILES string of the molecule is Cc1ccc(-c2cc(N3CCC(C(=O)Nc4ccccc4)CC3)ncn2)cc1. The number of benzene rings is 2. The van der Waals surface area contributed by atoms with Crippen LogP contribution in [0.15, 0.2) is 67.0 Å². The molecule has 142 valence electrons. The van der Waals surface area contributed by atoms with Crippen molar-refractivity contribution < 1.29 is 4.79 Å². The van der Waals surface area contributed by atoms with Gasteiger partial charge in [0.15, 0.2) is 0 Å². The summed E-state index contributed by atoms with van der Waals surface area (Å²) in [5.74, 6) is 1.07. The molecule has 0 radical (unpaired) electrons. The van der Waals surface area contributed by atoms with Crippen molar-refractivity contribution in [3.63, 3.8) is 0 Å².